The Balaban J connectivity index is 1.39. The molecule has 6 heteroatoms. The molecule has 0 N–H and O–H groups in total. The van der Waals surface area contributed by atoms with Crippen LogP contribution in [0.5, 0.6) is 0 Å². The minimum Gasteiger partial charge on any atom is -0.373 e. The number of carbonyl (C=O) groups is 2. The lowest BCUT2D eigenvalue weighted by Crippen LogP contribution is -2.51. The van der Waals surface area contributed by atoms with Crippen LogP contribution < -0.4 is 0 Å². The monoisotopic (exact) mass is 412 g/mol. The maximum absolute atomic E-state index is 13.1. The molecule has 0 spiro atoms. The van der Waals surface area contributed by atoms with Crippen molar-refractivity contribution in [3.8, 4) is 0 Å². The summed E-state index contributed by atoms with van der Waals surface area (Å²) < 4.78 is 5.95. The molecule has 2 heterocycles. The third kappa shape index (κ3) is 5.46. The van der Waals surface area contributed by atoms with E-state index in [1.807, 2.05) is 58.5 Å². The van der Waals surface area contributed by atoms with Crippen molar-refractivity contribution in [1.82, 2.24) is 9.80 Å². The summed E-state index contributed by atoms with van der Waals surface area (Å²) in [6.45, 7) is 5.02. The SMILES string of the molecule is Cc1ccc(C(=O)N(CC2CC2)CC2CN(C(=O)Cc3cccs3)CCO2)cc1. The summed E-state index contributed by atoms with van der Waals surface area (Å²) >= 11 is 1.61. The molecular formula is C23H28N2O3S. The predicted molar refractivity (Wildman–Crippen MR) is 114 cm³/mol. The van der Waals surface area contributed by atoms with E-state index in [9.17, 15) is 9.59 Å². The summed E-state index contributed by atoms with van der Waals surface area (Å²) in [6, 6.07) is 11.7. The molecule has 4 rings (SSSR count). The highest BCUT2D eigenvalue weighted by Crippen LogP contribution is 2.30. The van der Waals surface area contributed by atoms with Crippen LogP contribution in [0, 0.1) is 12.8 Å². The molecule has 0 bridgehead atoms. The third-order valence-corrected chi connectivity index (χ3v) is 6.46. The van der Waals surface area contributed by atoms with Crippen LogP contribution in [0.3, 0.4) is 0 Å². The summed E-state index contributed by atoms with van der Waals surface area (Å²) in [5.74, 6) is 0.798. The molecule has 1 saturated carbocycles. The lowest BCUT2D eigenvalue weighted by Gasteiger charge is -2.36. The van der Waals surface area contributed by atoms with Crippen molar-refractivity contribution in [1.29, 1.82) is 0 Å². The first-order valence-corrected chi connectivity index (χ1v) is 11.2. The summed E-state index contributed by atoms with van der Waals surface area (Å²) in [6.07, 6.45) is 2.69. The lowest BCUT2D eigenvalue weighted by atomic mass is 10.1. The van der Waals surface area contributed by atoms with Gasteiger partial charge in [0.05, 0.1) is 19.1 Å². The molecule has 5 nitrogen and oxygen atoms in total. The van der Waals surface area contributed by atoms with E-state index in [1.165, 1.54) is 12.8 Å². The number of aryl methyl sites for hydroxylation is 1. The van der Waals surface area contributed by atoms with E-state index in [1.54, 1.807) is 11.3 Å². The van der Waals surface area contributed by atoms with Crippen molar-refractivity contribution < 1.29 is 14.3 Å². The van der Waals surface area contributed by atoms with E-state index >= 15 is 0 Å². The third-order valence-electron chi connectivity index (χ3n) is 5.58. The van der Waals surface area contributed by atoms with Gasteiger partial charge in [-0.05, 0) is 49.3 Å². The molecule has 2 fully saturated rings. The van der Waals surface area contributed by atoms with Crippen molar-refractivity contribution >= 4 is 23.2 Å². The number of hydrogen-bond acceptors (Lipinski definition) is 4. The van der Waals surface area contributed by atoms with Crippen molar-refractivity contribution in [2.75, 3.05) is 32.8 Å². The van der Waals surface area contributed by atoms with Gasteiger partial charge in [-0.15, -0.1) is 11.3 Å². The molecule has 2 aromatic rings. The Labute approximate surface area is 176 Å². The molecule has 29 heavy (non-hydrogen) atoms. The standard InChI is InChI=1S/C23H28N2O3S/c1-17-4-8-19(9-5-17)23(27)25(14-18-6-7-18)16-20-15-24(10-11-28-20)22(26)13-21-3-2-12-29-21/h2-5,8-9,12,18,20H,6-7,10-11,13-16H2,1H3. The van der Waals surface area contributed by atoms with Crippen LogP contribution in [0.1, 0.15) is 33.6 Å². The van der Waals surface area contributed by atoms with Gasteiger partial charge in [-0.1, -0.05) is 23.8 Å². The second kappa shape index (κ2) is 9.09. The van der Waals surface area contributed by atoms with Crippen molar-refractivity contribution in [2.24, 2.45) is 5.92 Å². The largest absolute Gasteiger partial charge is 0.373 e. The summed E-state index contributed by atoms with van der Waals surface area (Å²) in [7, 11) is 0. The van der Waals surface area contributed by atoms with Crippen LogP contribution in [0.25, 0.3) is 0 Å². The van der Waals surface area contributed by atoms with E-state index < -0.39 is 0 Å². The molecule has 1 aromatic heterocycles. The van der Waals surface area contributed by atoms with Gasteiger partial charge in [0.15, 0.2) is 0 Å². The Kier molecular flexibility index (Phi) is 6.31. The summed E-state index contributed by atoms with van der Waals surface area (Å²) in [4.78, 5) is 30.7. The Bertz CT molecular complexity index is 830. The van der Waals surface area contributed by atoms with Gasteiger partial charge in [-0.2, -0.15) is 0 Å². The first-order valence-electron chi connectivity index (χ1n) is 10.4. The molecule has 0 radical (unpaired) electrons. The molecule has 1 saturated heterocycles. The quantitative estimate of drug-likeness (QED) is 0.701. The second-order valence-corrected chi connectivity index (χ2v) is 9.14. The van der Waals surface area contributed by atoms with Gasteiger partial charge in [-0.3, -0.25) is 9.59 Å². The van der Waals surface area contributed by atoms with Gasteiger partial charge >= 0.3 is 0 Å². The fourth-order valence-corrected chi connectivity index (χ4v) is 4.40. The lowest BCUT2D eigenvalue weighted by molar-refractivity contribution is -0.138. The zero-order valence-corrected chi connectivity index (χ0v) is 17.7. The van der Waals surface area contributed by atoms with Crippen LogP contribution in [0.15, 0.2) is 41.8 Å². The average Bonchev–Trinajstić information content (AvgIpc) is 3.40. The highest BCUT2D eigenvalue weighted by molar-refractivity contribution is 7.10. The molecule has 1 atom stereocenters. The summed E-state index contributed by atoms with van der Waals surface area (Å²) in [5.41, 5.74) is 1.86. The topological polar surface area (TPSA) is 49.9 Å². The maximum atomic E-state index is 13.1. The Morgan fingerprint density at radius 3 is 2.66 bits per heavy atom. The molecule has 1 unspecified atom stereocenters. The van der Waals surface area contributed by atoms with Crippen molar-refractivity contribution in [3.63, 3.8) is 0 Å². The van der Waals surface area contributed by atoms with Crippen LogP contribution in [-0.4, -0.2) is 60.5 Å². The Hall–Kier alpha value is -2.18. The van der Waals surface area contributed by atoms with Gasteiger partial charge in [0.1, 0.15) is 0 Å². The minimum atomic E-state index is -0.135. The number of hydrogen-bond donors (Lipinski definition) is 0. The fourth-order valence-electron chi connectivity index (χ4n) is 3.71. The molecule has 154 valence electrons. The number of thiophene rings is 1. The van der Waals surface area contributed by atoms with E-state index in [4.69, 9.17) is 4.74 Å². The van der Waals surface area contributed by atoms with Crippen LogP contribution >= 0.6 is 11.3 Å². The maximum Gasteiger partial charge on any atom is 0.253 e. The second-order valence-electron chi connectivity index (χ2n) is 8.11. The van der Waals surface area contributed by atoms with E-state index in [-0.39, 0.29) is 17.9 Å². The van der Waals surface area contributed by atoms with Crippen LogP contribution in [-0.2, 0) is 16.0 Å². The Morgan fingerprint density at radius 1 is 1.17 bits per heavy atom. The van der Waals surface area contributed by atoms with Crippen molar-refractivity contribution in [3.05, 3.63) is 57.8 Å². The zero-order valence-electron chi connectivity index (χ0n) is 16.9. The number of ether oxygens (including phenoxy) is 1. The Morgan fingerprint density at radius 2 is 1.97 bits per heavy atom. The highest BCUT2D eigenvalue weighted by Gasteiger charge is 2.31. The first kappa shape index (κ1) is 20.1. The fraction of sp³-hybridized carbons (Fsp3) is 0.478. The van der Waals surface area contributed by atoms with Gasteiger partial charge in [0.2, 0.25) is 5.91 Å². The smallest absolute Gasteiger partial charge is 0.253 e. The zero-order chi connectivity index (χ0) is 20.2. The number of morpholine rings is 1. The molecule has 2 aliphatic rings. The normalized spacial score (nSPS) is 19.2. The van der Waals surface area contributed by atoms with Crippen LogP contribution in [0.2, 0.25) is 0 Å². The average molecular weight is 413 g/mol. The number of amides is 2. The van der Waals surface area contributed by atoms with Gasteiger partial charge in [-0.25, -0.2) is 0 Å². The van der Waals surface area contributed by atoms with Gasteiger partial charge < -0.3 is 14.5 Å². The van der Waals surface area contributed by atoms with E-state index in [0.717, 1.165) is 22.5 Å². The number of benzene rings is 1. The summed E-state index contributed by atoms with van der Waals surface area (Å²) in [5, 5.41) is 2.00. The number of carbonyl (C=O) groups excluding carboxylic acids is 2. The molecule has 1 aliphatic carbocycles. The van der Waals surface area contributed by atoms with Gasteiger partial charge in [0, 0.05) is 36.6 Å². The molecule has 2 amide bonds. The minimum absolute atomic E-state index is 0.0579. The van der Waals surface area contributed by atoms with Crippen molar-refractivity contribution in [2.45, 2.75) is 32.3 Å². The molecule has 1 aromatic carbocycles. The van der Waals surface area contributed by atoms with E-state index in [0.29, 0.717) is 38.6 Å². The number of nitrogens with zero attached hydrogens (tertiary/aromatic N) is 2. The molecule has 1 aliphatic heterocycles. The van der Waals surface area contributed by atoms with Gasteiger partial charge in [0.25, 0.3) is 5.91 Å². The van der Waals surface area contributed by atoms with E-state index in [2.05, 4.69) is 0 Å². The highest BCUT2D eigenvalue weighted by atomic mass is 32.1. The number of rotatable bonds is 7. The predicted octanol–water partition coefficient (Wildman–Crippen LogP) is 3.38. The first-order chi connectivity index (χ1) is 14.1. The van der Waals surface area contributed by atoms with Crippen LogP contribution in [0.4, 0.5) is 0 Å². The molecular weight excluding hydrogens is 384 g/mol.